The van der Waals surface area contributed by atoms with Gasteiger partial charge in [0, 0.05) is 5.39 Å². The molecule has 0 amide bonds. The second-order valence-corrected chi connectivity index (χ2v) is 4.03. The summed E-state index contributed by atoms with van der Waals surface area (Å²) in [7, 11) is 0. The Kier molecular flexibility index (Phi) is 2.45. The average molecular weight is 239 g/mol. The van der Waals surface area contributed by atoms with Crippen molar-refractivity contribution >= 4 is 10.8 Å². The predicted molar refractivity (Wildman–Crippen MR) is 69.5 cm³/mol. The van der Waals surface area contributed by atoms with Crippen LogP contribution in [0.3, 0.4) is 0 Å². The van der Waals surface area contributed by atoms with Gasteiger partial charge < -0.3 is 0 Å². The minimum Gasteiger partial charge on any atom is -0.268 e. The van der Waals surface area contributed by atoms with Gasteiger partial charge in [-0.2, -0.15) is 4.39 Å². The van der Waals surface area contributed by atoms with Crippen molar-refractivity contribution in [1.82, 2.24) is 4.57 Å². The minimum atomic E-state index is -0.551. The van der Waals surface area contributed by atoms with Gasteiger partial charge in [0.25, 0.3) is 5.56 Å². The molecular weight excluding hydrogens is 229 g/mol. The molecule has 1 aromatic heterocycles. The van der Waals surface area contributed by atoms with Crippen LogP contribution in [0.2, 0.25) is 0 Å². The van der Waals surface area contributed by atoms with Gasteiger partial charge in [0.1, 0.15) is 0 Å². The van der Waals surface area contributed by atoms with E-state index in [0.29, 0.717) is 16.5 Å². The van der Waals surface area contributed by atoms with Crippen LogP contribution >= 0.6 is 0 Å². The Balaban J connectivity index is 2.41. The second-order valence-electron chi connectivity index (χ2n) is 4.03. The summed E-state index contributed by atoms with van der Waals surface area (Å²) in [4.78, 5) is 12.3. The molecule has 0 atom stereocenters. The molecule has 0 aliphatic heterocycles. The molecule has 0 aliphatic rings. The van der Waals surface area contributed by atoms with Gasteiger partial charge in [-0.05, 0) is 29.7 Å². The molecule has 2 nitrogen and oxygen atoms in total. The van der Waals surface area contributed by atoms with Crippen LogP contribution in [0.4, 0.5) is 4.39 Å². The summed E-state index contributed by atoms with van der Waals surface area (Å²) in [6, 6.07) is 17.2. The summed E-state index contributed by atoms with van der Waals surface area (Å²) in [5.74, 6) is -0.551. The number of hydrogen-bond donors (Lipinski definition) is 0. The molecule has 0 spiro atoms. The number of hydrogen-bond acceptors (Lipinski definition) is 1. The highest BCUT2D eigenvalue weighted by molar-refractivity contribution is 5.81. The first kappa shape index (κ1) is 10.7. The summed E-state index contributed by atoms with van der Waals surface area (Å²) in [5.41, 5.74) is 0.197. The molecule has 0 N–H and O–H groups in total. The lowest BCUT2D eigenvalue weighted by atomic mass is 10.1. The molecule has 0 aliphatic carbocycles. The van der Waals surface area contributed by atoms with E-state index in [9.17, 15) is 9.18 Å². The van der Waals surface area contributed by atoms with E-state index in [-0.39, 0.29) is 5.56 Å². The van der Waals surface area contributed by atoms with Crippen LogP contribution in [0.25, 0.3) is 16.5 Å². The zero-order valence-electron chi connectivity index (χ0n) is 9.51. The van der Waals surface area contributed by atoms with E-state index in [2.05, 4.69) is 0 Å². The van der Waals surface area contributed by atoms with Gasteiger partial charge in [0.2, 0.25) is 5.95 Å². The highest BCUT2D eigenvalue weighted by Crippen LogP contribution is 2.14. The first-order valence-corrected chi connectivity index (χ1v) is 5.63. The van der Waals surface area contributed by atoms with Crippen molar-refractivity contribution in [3.63, 3.8) is 0 Å². The summed E-state index contributed by atoms with van der Waals surface area (Å²) in [5, 5.41) is 1.13. The third-order valence-corrected chi connectivity index (χ3v) is 2.90. The van der Waals surface area contributed by atoms with E-state index >= 15 is 0 Å². The van der Waals surface area contributed by atoms with Gasteiger partial charge in [-0.1, -0.05) is 36.4 Å². The molecule has 0 radical (unpaired) electrons. The van der Waals surface area contributed by atoms with Crippen molar-refractivity contribution in [3.8, 4) is 5.69 Å². The summed E-state index contributed by atoms with van der Waals surface area (Å²) in [6.07, 6.45) is 0. The fourth-order valence-corrected chi connectivity index (χ4v) is 2.05. The molecule has 0 bridgehead atoms. The van der Waals surface area contributed by atoms with Crippen LogP contribution in [0.1, 0.15) is 0 Å². The minimum absolute atomic E-state index is 0.336. The van der Waals surface area contributed by atoms with Gasteiger partial charge >= 0.3 is 0 Å². The van der Waals surface area contributed by atoms with E-state index in [1.165, 1.54) is 6.07 Å². The maximum Gasteiger partial charge on any atom is 0.265 e. The second kappa shape index (κ2) is 4.11. The molecule has 3 heteroatoms. The van der Waals surface area contributed by atoms with Crippen molar-refractivity contribution in [2.45, 2.75) is 0 Å². The van der Waals surface area contributed by atoms with Crippen molar-refractivity contribution in [2.24, 2.45) is 0 Å². The van der Waals surface area contributed by atoms with Crippen LogP contribution in [0.5, 0.6) is 0 Å². The number of halogens is 1. The van der Waals surface area contributed by atoms with Crippen molar-refractivity contribution in [2.75, 3.05) is 0 Å². The molecule has 3 aromatic rings. The Hall–Kier alpha value is -2.42. The Morgan fingerprint density at radius 2 is 1.56 bits per heavy atom. The lowest BCUT2D eigenvalue weighted by Crippen LogP contribution is -2.21. The van der Waals surface area contributed by atoms with Gasteiger partial charge in [-0.15, -0.1) is 0 Å². The quantitative estimate of drug-likeness (QED) is 0.598. The zero-order chi connectivity index (χ0) is 12.5. The van der Waals surface area contributed by atoms with Gasteiger partial charge in [-0.3, -0.25) is 9.36 Å². The maximum atomic E-state index is 14.0. The van der Waals surface area contributed by atoms with E-state index < -0.39 is 5.95 Å². The van der Waals surface area contributed by atoms with Crippen LogP contribution in [-0.2, 0) is 0 Å². The van der Waals surface area contributed by atoms with Gasteiger partial charge in [0.05, 0.1) is 5.69 Å². The lowest BCUT2D eigenvalue weighted by Gasteiger charge is -2.08. The van der Waals surface area contributed by atoms with E-state index in [4.69, 9.17) is 0 Å². The summed E-state index contributed by atoms with van der Waals surface area (Å²) in [6.45, 7) is 0. The third kappa shape index (κ3) is 1.61. The van der Waals surface area contributed by atoms with E-state index in [1.54, 1.807) is 48.5 Å². The number of rotatable bonds is 1. The van der Waals surface area contributed by atoms with E-state index in [0.717, 1.165) is 4.57 Å². The third-order valence-electron chi connectivity index (χ3n) is 2.90. The molecule has 0 fully saturated rings. The fourth-order valence-electron chi connectivity index (χ4n) is 2.05. The Morgan fingerprint density at radius 3 is 2.33 bits per heavy atom. The number of benzene rings is 2. The molecular formula is C15H10FNO. The normalized spacial score (nSPS) is 10.7. The molecule has 3 rings (SSSR count). The average Bonchev–Trinajstić information content (AvgIpc) is 2.40. The first-order valence-electron chi connectivity index (χ1n) is 5.63. The Labute approximate surface area is 103 Å². The molecule has 0 saturated carbocycles. The number of nitrogens with zero attached hydrogens (tertiary/aromatic N) is 1. The number of aromatic nitrogens is 1. The van der Waals surface area contributed by atoms with Gasteiger partial charge in [0.15, 0.2) is 0 Å². The highest BCUT2D eigenvalue weighted by Gasteiger charge is 2.09. The predicted octanol–water partition coefficient (Wildman–Crippen LogP) is 3.13. The smallest absolute Gasteiger partial charge is 0.265 e. The highest BCUT2D eigenvalue weighted by atomic mass is 19.1. The van der Waals surface area contributed by atoms with Crippen LogP contribution in [-0.4, -0.2) is 4.57 Å². The fraction of sp³-hybridized carbons (Fsp3) is 0. The topological polar surface area (TPSA) is 22.0 Å². The largest absolute Gasteiger partial charge is 0.268 e. The SMILES string of the molecule is O=c1c2ccccc2cc(F)n1-c1ccccc1. The lowest BCUT2D eigenvalue weighted by molar-refractivity contribution is 0.547. The number of para-hydroxylation sites is 1. The Bertz CT molecular complexity index is 762. The Morgan fingerprint density at radius 1 is 0.889 bits per heavy atom. The van der Waals surface area contributed by atoms with Crippen LogP contribution < -0.4 is 5.56 Å². The molecule has 88 valence electrons. The molecule has 18 heavy (non-hydrogen) atoms. The van der Waals surface area contributed by atoms with Crippen molar-refractivity contribution in [1.29, 1.82) is 0 Å². The number of pyridine rings is 1. The molecule has 1 heterocycles. The number of fused-ring (bicyclic) bond motifs is 1. The summed E-state index contributed by atoms with van der Waals surface area (Å²) < 4.78 is 15.1. The van der Waals surface area contributed by atoms with Crippen molar-refractivity contribution in [3.05, 3.63) is 77.0 Å². The van der Waals surface area contributed by atoms with Crippen molar-refractivity contribution < 1.29 is 4.39 Å². The first-order chi connectivity index (χ1) is 8.77. The van der Waals surface area contributed by atoms with Gasteiger partial charge in [-0.25, -0.2) is 0 Å². The van der Waals surface area contributed by atoms with E-state index in [1.807, 2.05) is 6.07 Å². The van der Waals surface area contributed by atoms with Crippen LogP contribution in [0, 0.1) is 5.95 Å². The standard InChI is InChI=1S/C15H10FNO/c16-14-10-11-6-4-5-9-13(11)15(18)17(14)12-7-2-1-3-8-12/h1-10H. The maximum absolute atomic E-state index is 14.0. The molecule has 0 unspecified atom stereocenters. The zero-order valence-corrected chi connectivity index (χ0v) is 9.51. The monoisotopic (exact) mass is 239 g/mol. The molecule has 0 saturated heterocycles. The van der Waals surface area contributed by atoms with Crippen LogP contribution in [0.15, 0.2) is 65.5 Å². The molecule has 2 aromatic carbocycles. The summed E-state index contributed by atoms with van der Waals surface area (Å²) >= 11 is 0.